The normalized spacial score (nSPS) is 36.7. The van der Waals surface area contributed by atoms with Crippen molar-refractivity contribution in [3.05, 3.63) is 0 Å². The van der Waals surface area contributed by atoms with Crippen LogP contribution >= 0.6 is 0 Å². The van der Waals surface area contributed by atoms with E-state index < -0.39 is 29.1 Å². The Labute approximate surface area is 136 Å². The summed E-state index contributed by atoms with van der Waals surface area (Å²) in [5.41, 5.74) is -1.18. The Morgan fingerprint density at radius 2 is 1.78 bits per heavy atom. The average Bonchev–Trinajstić information content (AvgIpc) is 2.38. The predicted molar refractivity (Wildman–Crippen MR) is 81.8 cm³/mol. The number of carbonyl (C=O) groups is 3. The number of Topliss-reactive ketones (excluding diaryl/α,β-unsaturated/α-hetero) is 1. The summed E-state index contributed by atoms with van der Waals surface area (Å²) in [5.74, 6) is -0.372. The zero-order chi connectivity index (χ0) is 17.0. The first kappa shape index (κ1) is 16.3. The number of nitrogens with one attached hydrogen (secondary N) is 1. The molecule has 6 heteroatoms. The van der Waals surface area contributed by atoms with Crippen molar-refractivity contribution in [1.82, 2.24) is 5.32 Å². The zero-order valence-corrected chi connectivity index (χ0v) is 13.9. The summed E-state index contributed by atoms with van der Waals surface area (Å²) in [6, 6.07) is -0.987. The molecule has 0 heterocycles. The third kappa shape index (κ3) is 2.95. The maximum Gasteiger partial charge on any atom is 0.408 e. The molecule has 0 spiro atoms. The van der Waals surface area contributed by atoms with Crippen molar-refractivity contribution in [1.29, 1.82) is 0 Å². The lowest BCUT2D eigenvalue weighted by Gasteiger charge is -2.57. The molecule has 6 nitrogen and oxygen atoms in total. The van der Waals surface area contributed by atoms with Crippen LogP contribution in [0.4, 0.5) is 4.79 Å². The average molecular weight is 323 g/mol. The van der Waals surface area contributed by atoms with Crippen molar-refractivity contribution in [3.8, 4) is 0 Å². The molecule has 0 aromatic heterocycles. The van der Waals surface area contributed by atoms with Crippen LogP contribution in [0.3, 0.4) is 0 Å². The molecule has 4 bridgehead atoms. The van der Waals surface area contributed by atoms with Gasteiger partial charge in [0.05, 0.1) is 0 Å². The quantitative estimate of drug-likeness (QED) is 0.831. The fourth-order valence-electron chi connectivity index (χ4n) is 5.06. The van der Waals surface area contributed by atoms with Crippen molar-refractivity contribution >= 4 is 17.8 Å². The van der Waals surface area contributed by atoms with E-state index >= 15 is 0 Å². The SMILES string of the molecule is CC(C)(C)OC(=O)N[C@H](C(=O)O)C12CC3C[C@H](C1)C(=O)[C@@H](C3)C2. The predicted octanol–water partition coefficient (Wildman–Crippen LogP) is 2.36. The van der Waals surface area contributed by atoms with Crippen LogP contribution in [0, 0.1) is 23.2 Å². The van der Waals surface area contributed by atoms with Gasteiger partial charge in [0, 0.05) is 17.3 Å². The molecule has 5 atom stereocenters. The van der Waals surface area contributed by atoms with E-state index in [2.05, 4.69) is 5.32 Å². The summed E-state index contributed by atoms with van der Waals surface area (Å²) < 4.78 is 5.22. The van der Waals surface area contributed by atoms with E-state index in [1.54, 1.807) is 20.8 Å². The third-order valence-corrected chi connectivity index (χ3v) is 5.56. The third-order valence-electron chi connectivity index (χ3n) is 5.56. The Bertz CT molecular complexity index is 532. The van der Waals surface area contributed by atoms with Gasteiger partial charge in [0.15, 0.2) is 0 Å². The fourth-order valence-corrected chi connectivity index (χ4v) is 5.06. The van der Waals surface area contributed by atoms with Gasteiger partial charge >= 0.3 is 12.1 Å². The smallest absolute Gasteiger partial charge is 0.408 e. The maximum atomic E-state index is 12.3. The zero-order valence-electron chi connectivity index (χ0n) is 13.9. The van der Waals surface area contributed by atoms with Gasteiger partial charge in [-0.2, -0.15) is 0 Å². The first-order valence-electron chi connectivity index (χ1n) is 8.36. The van der Waals surface area contributed by atoms with E-state index in [-0.39, 0.29) is 11.8 Å². The van der Waals surface area contributed by atoms with E-state index in [9.17, 15) is 19.5 Å². The van der Waals surface area contributed by atoms with Gasteiger partial charge in [-0.05, 0) is 58.8 Å². The molecule has 0 aliphatic heterocycles. The molecule has 4 saturated carbocycles. The first-order chi connectivity index (χ1) is 10.6. The molecule has 128 valence electrons. The van der Waals surface area contributed by atoms with Crippen LogP contribution in [0.2, 0.25) is 0 Å². The highest BCUT2D eigenvalue weighted by Crippen LogP contribution is 2.60. The molecule has 4 aliphatic carbocycles. The Hall–Kier alpha value is -1.59. The van der Waals surface area contributed by atoms with Crippen molar-refractivity contribution in [3.63, 3.8) is 0 Å². The molecular formula is C17H25NO5. The van der Waals surface area contributed by atoms with Crippen molar-refractivity contribution in [2.45, 2.75) is 64.5 Å². The van der Waals surface area contributed by atoms with Crippen LogP contribution in [0.1, 0.15) is 52.9 Å². The number of ketones is 1. The van der Waals surface area contributed by atoms with Gasteiger partial charge in [0.2, 0.25) is 0 Å². The minimum absolute atomic E-state index is 0.0245. The van der Waals surface area contributed by atoms with Crippen LogP contribution in [-0.4, -0.2) is 34.6 Å². The number of amides is 1. The number of carboxylic acids is 1. The Morgan fingerprint density at radius 1 is 1.22 bits per heavy atom. The number of hydrogen-bond donors (Lipinski definition) is 2. The van der Waals surface area contributed by atoms with Gasteiger partial charge in [0.25, 0.3) is 0 Å². The van der Waals surface area contributed by atoms with Crippen LogP contribution in [-0.2, 0) is 14.3 Å². The molecule has 2 N–H and O–H groups in total. The van der Waals surface area contributed by atoms with E-state index in [1.165, 1.54) is 0 Å². The van der Waals surface area contributed by atoms with Crippen LogP contribution in [0.5, 0.6) is 0 Å². The Kier molecular flexibility index (Phi) is 3.69. The van der Waals surface area contributed by atoms with E-state index in [0.29, 0.717) is 24.5 Å². The van der Waals surface area contributed by atoms with Crippen molar-refractivity contribution in [2.75, 3.05) is 0 Å². The minimum Gasteiger partial charge on any atom is -0.480 e. The molecule has 4 fully saturated rings. The van der Waals surface area contributed by atoms with Gasteiger partial charge in [-0.25, -0.2) is 9.59 Å². The number of hydrogen-bond acceptors (Lipinski definition) is 4. The molecule has 23 heavy (non-hydrogen) atoms. The van der Waals surface area contributed by atoms with Crippen LogP contribution < -0.4 is 5.32 Å². The summed E-state index contributed by atoms with van der Waals surface area (Å²) >= 11 is 0. The highest BCUT2D eigenvalue weighted by atomic mass is 16.6. The molecule has 0 aromatic carbocycles. The number of aliphatic carboxylic acids is 1. The number of rotatable bonds is 3. The lowest BCUT2D eigenvalue weighted by atomic mass is 9.47. The largest absolute Gasteiger partial charge is 0.480 e. The van der Waals surface area contributed by atoms with Gasteiger partial charge in [-0.1, -0.05) is 0 Å². The van der Waals surface area contributed by atoms with Gasteiger partial charge < -0.3 is 15.2 Å². The molecule has 1 amide bonds. The van der Waals surface area contributed by atoms with E-state index in [4.69, 9.17) is 4.74 Å². The number of carbonyl (C=O) groups excluding carboxylic acids is 2. The summed E-state index contributed by atoms with van der Waals surface area (Å²) in [4.78, 5) is 36.2. The summed E-state index contributed by atoms with van der Waals surface area (Å²) in [6.45, 7) is 5.23. The lowest BCUT2D eigenvalue weighted by Crippen LogP contribution is -2.62. The molecule has 0 radical (unpaired) electrons. The highest BCUT2D eigenvalue weighted by molar-refractivity contribution is 5.87. The van der Waals surface area contributed by atoms with Crippen LogP contribution in [0.25, 0.3) is 0 Å². The Balaban J connectivity index is 1.80. The summed E-state index contributed by atoms with van der Waals surface area (Å²) in [6.07, 6.45) is 3.00. The molecular weight excluding hydrogens is 298 g/mol. The number of alkyl carbamates (subject to hydrolysis) is 1. The minimum atomic E-state index is -1.04. The van der Waals surface area contributed by atoms with E-state index in [1.807, 2.05) is 0 Å². The fraction of sp³-hybridized carbons (Fsp3) is 0.824. The standard InChI is InChI=1S/C17H25NO5/c1-16(2,3)23-15(22)18-13(14(20)21)17-6-9-4-10(7-17)12(19)11(5-9)8-17/h9-11,13H,4-8H2,1-3H3,(H,18,22)(H,20,21)/t9?,10-,11+,13-,17?/m1/s1. The second-order valence-corrected chi connectivity index (χ2v) is 8.53. The monoisotopic (exact) mass is 323 g/mol. The molecule has 2 unspecified atom stereocenters. The highest BCUT2D eigenvalue weighted by Gasteiger charge is 2.59. The van der Waals surface area contributed by atoms with Crippen molar-refractivity contribution in [2.24, 2.45) is 23.2 Å². The number of ether oxygens (including phenoxy) is 1. The van der Waals surface area contributed by atoms with Gasteiger partial charge in [-0.3, -0.25) is 4.79 Å². The second kappa shape index (κ2) is 5.21. The second-order valence-electron chi connectivity index (χ2n) is 8.53. The molecule has 0 aromatic rings. The topological polar surface area (TPSA) is 92.7 Å². The molecule has 4 aliphatic rings. The van der Waals surface area contributed by atoms with E-state index in [0.717, 1.165) is 19.3 Å². The summed E-state index contributed by atoms with van der Waals surface area (Å²) in [7, 11) is 0. The van der Waals surface area contributed by atoms with Gasteiger partial charge in [-0.15, -0.1) is 0 Å². The maximum absolute atomic E-state index is 12.3. The molecule has 4 rings (SSSR count). The Morgan fingerprint density at radius 3 is 2.26 bits per heavy atom. The lowest BCUT2D eigenvalue weighted by molar-refractivity contribution is -0.160. The molecule has 0 saturated heterocycles. The van der Waals surface area contributed by atoms with Crippen molar-refractivity contribution < 1.29 is 24.2 Å². The van der Waals surface area contributed by atoms with Gasteiger partial charge in [0.1, 0.15) is 17.4 Å². The first-order valence-corrected chi connectivity index (χ1v) is 8.36. The van der Waals surface area contributed by atoms with Crippen LogP contribution in [0.15, 0.2) is 0 Å². The summed E-state index contributed by atoms with van der Waals surface area (Å²) in [5, 5.41) is 12.3. The number of carboxylic acid groups (broad SMARTS) is 1.